The van der Waals surface area contributed by atoms with Crippen LogP contribution in [-0.4, -0.2) is 17.0 Å². The Balaban J connectivity index is 1.64. The maximum absolute atomic E-state index is 11.4. The first-order chi connectivity index (χ1) is 12.0. The van der Waals surface area contributed by atoms with Gasteiger partial charge in [-0.2, -0.15) is 0 Å². The van der Waals surface area contributed by atoms with Gasteiger partial charge in [0.15, 0.2) is 5.78 Å². The molecular weight excluding hydrogens is 308 g/mol. The summed E-state index contributed by atoms with van der Waals surface area (Å²) in [7, 11) is 0. The number of carbonyl (C=O) groups is 1. The minimum atomic E-state index is -0.147. The van der Waals surface area contributed by atoms with Gasteiger partial charge in [-0.3, -0.25) is 4.79 Å². The number of aliphatic hydroxyl groups is 1. The highest BCUT2D eigenvalue weighted by molar-refractivity contribution is 5.94. The molecule has 2 heteroatoms. The number of ketones is 1. The Labute approximate surface area is 151 Å². The molecule has 0 aliphatic heterocycles. The molecule has 0 bridgehead atoms. The lowest BCUT2D eigenvalue weighted by atomic mass is 9.74. The van der Waals surface area contributed by atoms with Gasteiger partial charge in [0.2, 0.25) is 0 Å². The van der Waals surface area contributed by atoms with Crippen molar-refractivity contribution in [2.45, 2.75) is 45.6 Å². The molecule has 1 saturated carbocycles. The monoisotopic (exact) mass is 336 g/mol. The van der Waals surface area contributed by atoms with E-state index in [1.807, 2.05) is 24.3 Å². The molecule has 1 aromatic carbocycles. The molecular formula is C23H28O2. The summed E-state index contributed by atoms with van der Waals surface area (Å²) in [5.74, 6) is 1.65. The van der Waals surface area contributed by atoms with Gasteiger partial charge >= 0.3 is 0 Å². The molecule has 0 heterocycles. The van der Waals surface area contributed by atoms with Crippen molar-refractivity contribution < 1.29 is 9.90 Å². The van der Waals surface area contributed by atoms with Gasteiger partial charge in [0.05, 0.1) is 6.10 Å². The number of carbonyl (C=O) groups excluding carboxylic acids is 1. The molecule has 0 amide bonds. The van der Waals surface area contributed by atoms with Crippen molar-refractivity contribution in [1.82, 2.24) is 0 Å². The number of aliphatic hydroxyl groups excluding tert-OH is 1. The van der Waals surface area contributed by atoms with Crippen LogP contribution in [0.15, 0.2) is 60.2 Å². The molecule has 1 fully saturated rings. The third-order valence-corrected chi connectivity index (χ3v) is 5.44. The summed E-state index contributed by atoms with van der Waals surface area (Å²) in [4.78, 5) is 11.4. The molecule has 0 spiro atoms. The van der Waals surface area contributed by atoms with E-state index in [2.05, 4.69) is 37.3 Å². The first kappa shape index (κ1) is 17.9. The molecule has 1 N–H and O–H groups in total. The average molecular weight is 336 g/mol. The number of hydrogen-bond donors (Lipinski definition) is 1. The smallest absolute Gasteiger partial charge is 0.159 e. The van der Waals surface area contributed by atoms with Gasteiger partial charge in [0, 0.05) is 5.56 Å². The van der Waals surface area contributed by atoms with Gasteiger partial charge in [-0.25, -0.2) is 0 Å². The molecule has 0 radical (unpaired) electrons. The predicted octanol–water partition coefficient (Wildman–Crippen LogP) is 4.90. The first-order valence-electron chi connectivity index (χ1n) is 9.34. The Morgan fingerprint density at radius 1 is 1.12 bits per heavy atom. The Kier molecular flexibility index (Phi) is 5.70. The molecule has 4 atom stereocenters. The maximum Gasteiger partial charge on any atom is 0.159 e. The quantitative estimate of drug-likeness (QED) is 0.794. The van der Waals surface area contributed by atoms with E-state index in [0.29, 0.717) is 17.8 Å². The van der Waals surface area contributed by atoms with E-state index in [-0.39, 0.29) is 11.9 Å². The van der Waals surface area contributed by atoms with Crippen LogP contribution in [-0.2, 0) is 6.42 Å². The molecule has 2 unspecified atom stereocenters. The molecule has 0 saturated heterocycles. The molecule has 0 aromatic heterocycles. The van der Waals surface area contributed by atoms with Gasteiger partial charge in [-0.05, 0) is 61.5 Å². The Bertz CT molecular complexity index is 683. The second-order valence-electron chi connectivity index (χ2n) is 7.72. The fourth-order valence-corrected chi connectivity index (χ4v) is 4.12. The molecule has 132 valence electrons. The number of allylic oxidation sites excluding steroid dienone is 6. The van der Waals surface area contributed by atoms with Crippen LogP contribution in [0.3, 0.4) is 0 Å². The fraction of sp³-hybridized carbons (Fsp3) is 0.435. The van der Waals surface area contributed by atoms with Crippen molar-refractivity contribution in [2.75, 3.05) is 0 Å². The number of Topliss-reactive ketones (excluding diaryl/α,β-unsaturated/α-hetero) is 1. The number of benzene rings is 1. The lowest BCUT2D eigenvalue weighted by Gasteiger charge is -2.33. The zero-order chi connectivity index (χ0) is 17.8. The third-order valence-electron chi connectivity index (χ3n) is 5.44. The van der Waals surface area contributed by atoms with Crippen molar-refractivity contribution in [1.29, 1.82) is 0 Å². The van der Waals surface area contributed by atoms with Crippen molar-refractivity contribution in [3.63, 3.8) is 0 Å². The summed E-state index contributed by atoms with van der Waals surface area (Å²) in [6.45, 7) is 3.84. The zero-order valence-electron chi connectivity index (χ0n) is 15.2. The molecule has 3 rings (SSSR count). The fourth-order valence-electron chi connectivity index (χ4n) is 4.12. The average Bonchev–Trinajstić information content (AvgIpc) is 2.80. The predicted molar refractivity (Wildman–Crippen MR) is 103 cm³/mol. The highest BCUT2D eigenvalue weighted by Crippen LogP contribution is 2.36. The summed E-state index contributed by atoms with van der Waals surface area (Å²) in [6.07, 6.45) is 14.9. The third kappa shape index (κ3) is 4.79. The minimum Gasteiger partial charge on any atom is -0.393 e. The van der Waals surface area contributed by atoms with Crippen molar-refractivity contribution in [3.8, 4) is 0 Å². The number of hydrogen-bond acceptors (Lipinski definition) is 2. The SMILES string of the molecule is CC(=O)c1ccc(CC2=CC=CC(C3C[C@H](C)C[C@H](O)C3)C=C2)cc1. The molecule has 2 aliphatic carbocycles. The van der Waals surface area contributed by atoms with Crippen LogP contribution in [0.5, 0.6) is 0 Å². The van der Waals surface area contributed by atoms with E-state index < -0.39 is 0 Å². The summed E-state index contributed by atoms with van der Waals surface area (Å²) >= 11 is 0. The van der Waals surface area contributed by atoms with Gasteiger partial charge in [-0.1, -0.05) is 61.6 Å². The van der Waals surface area contributed by atoms with Crippen molar-refractivity contribution in [2.24, 2.45) is 17.8 Å². The van der Waals surface area contributed by atoms with Crippen LogP contribution < -0.4 is 0 Å². The topological polar surface area (TPSA) is 37.3 Å². The van der Waals surface area contributed by atoms with Crippen LogP contribution in [0, 0.1) is 17.8 Å². The second kappa shape index (κ2) is 7.97. The normalized spacial score (nSPS) is 29.2. The van der Waals surface area contributed by atoms with Crippen LogP contribution in [0.25, 0.3) is 0 Å². The molecule has 2 nitrogen and oxygen atoms in total. The lowest BCUT2D eigenvalue weighted by Crippen LogP contribution is -2.28. The summed E-state index contributed by atoms with van der Waals surface area (Å²) in [6, 6.07) is 7.89. The largest absolute Gasteiger partial charge is 0.393 e. The highest BCUT2D eigenvalue weighted by atomic mass is 16.3. The van der Waals surface area contributed by atoms with E-state index in [4.69, 9.17) is 0 Å². The van der Waals surface area contributed by atoms with E-state index >= 15 is 0 Å². The van der Waals surface area contributed by atoms with Gasteiger partial charge in [0.1, 0.15) is 0 Å². The van der Waals surface area contributed by atoms with Gasteiger partial charge in [-0.15, -0.1) is 0 Å². The Morgan fingerprint density at radius 3 is 2.56 bits per heavy atom. The minimum absolute atomic E-state index is 0.106. The van der Waals surface area contributed by atoms with Gasteiger partial charge < -0.3 is 5.11 Å². The first-order valence-corrected chi connectivity index (χ1v) is 9.34. The summed E-state index contributed by atoms with van der Waals surface area (Å²) < 4.78 is 0. The molecule has 1 aromatic rings. The van der Waals surface area contributed by atoms with Gasteiger partial charge in [0.25, 0.3) is 0 Å². The van der Waals surface area contributed by atoms with E-state index in [9.17, 15) is 9.90 Å². The van der Waals surface area contributed by atoms with Crippen LogP contribution in [0.4, 0.5) is 0 Å². The maximum atomic E-state index is 11.4. The second-order valence-corrected chi connectivity index (χ2v) is 7.72. The highest BCUT2D eigenvalue weighted by Gasteiger charge is 2.28. The molecule has 25 heavy (non-hydrogen) atoms. The molecule has 2 aliphatic rings. The zero-order valence-corrected chi connectivity index (χ0v) is 15.2. The summed E-state index contributed by atoms with van der Waals surface area (Å²) in [5, 5.41) is 10.1. The number of rotatable bonds is 4. The summed E-state index contributed by atoms with van der Waals surface area (Å²) in [5.41, 5.74) is 3.26. The Hall–Kier alpha value is -1.93. The van der Waals surface area contributed by atoms with E-state index in [1.54, 1.807) is 6.92 Å². The van der Waals surface area contributed by atoms with Crippen LogP contribution in [0.1, 0.15) is 49.0 Å². The standard InChI is InChI=1S/C23H28O2/c1-16-12-22(15-23(25)13-16)21-5-3-4-18(8-11-21)14-19-6-9-20(10-7-19)17(2)24/h3-11,16,21-23,25H,12-15H2,1-2H3/t16-,21?,22?,23-/m0/s1. The van der Waals surface area contributed by atoms with Crippen molar-refractivity contribution >= 4 is 5.78 Å². The van der Waals surface area contributed by atoms with Crippen LogP contribution in [0.2, 0.25) is 0 Å². The lowest BCUT2D eigenvalue weighted by molar-refractivity contribution is 0.0673. The van der Waals surface area contributed by atoms with Crippen LogP contribution >= 0.6 is 0 Å². The van der Waals surface area contributed by atoms with Crippen molar-refractivity contribution in [3.05, 3.63) is 71.3 Å². The van der Waals surface area contributed by atoms with E-state index in [0.717, 1.165) is 24.8 Å². The van der Waals surface area contributed by atoms with E-state index in [1.165, 1.54) is 17.6 Å². The Morgan fingerprint density at radius 2 is 1.88 bits per heavy atom.